The van der Waals surface area contributed by atoms with Crippen molar-refractivity contribution in [1.82, 2.24) is 5.32 Å². The summed E-state index contributed by atoms with van der Waals surface area (Å²) in [6, 6.07) is 8.30. The Morgan fingerprint density at radius 1 is 1.22 bits per heavy atom. The topological polar surface area (TPSA) is 15.3 Å². The van der Waals surface area contributed by atoms with Gasteiger partial charge in [0.15, 0.2) is 0 Å². The van der Waals surface area contributed by atoms with Crippen molar-refractivity contribution in [2.45, 2.75) is 58.2 Å². The number of aryl methyl sites for hydroxylation is 1. The normalized spacial score (nSPS) is 25.0. The third-order valence-electron chi connectivity index (χ3n) is 4.42. The summed E-state index contributed by atoms with van der Waals surface area (Å²) in [5.41, 5.74) is 4.33. The maximum atomic E-state index is 3.64. The molecule has 1 aromatic carbocycles. The standard InChI is InChI=1S/C16H24N2/c1-12-7-8-16-14(9-12)10-17-13(2)11-18(16)15-5-3-4-6-15/h7-9,13,15,17H,3-6,10-11H2,1-2H3. The van der Waals surface area contributed by atoms with Crippen LogP contribution < -0.4 is 10.2 Å². The van der Waals surface area contributed by atoms with Crippen molar-refractivity contribution in [3.8, 4) is 0 Å². The van der Waals surface area contributed by atoms with E-state index in [1.54, 1.807) is 0 Å². The Morgan fingerprint density at radius 2 is 2.00 bits per heavy atom. The maximum absolute atomic E-state index is 3.64. The van der Waals surface area contributed by atoms with Gasteiger partial charge >= 0.3 is 0 Å². The minimum absolute atomic E-state index is 0.582. The average molecular weight is 244 g/mol. The first-order valence-electron chi connectivity index (χ1n) is 7.33. The van der Waals surface area contributed by atoms with Gasteiger partial charge in [-0.15, -0.1) is 0 Å². The molecule has 2 nitrogen and oxygen atoms in total. The highest BCUT2D eigenvalue weighted by Crippen LogP contribution is 2.32. The molecule has 1 aromatic rings. The SMILES string of the molecule is Cc1ccc2c(c1)CNC(C)CN2C1CCCC1. The molecule has 1 unspecified atom stereocenters. The molecule has 0 bridgehead atoms. The molecule has 2 heteroatoms. The molecule has 1 N–H and O–H groups in total. The van der Waals surface area contributed by atoms with Crippen molar-refractivity contribution in [3.05, 3.63) is 29.3 Å². The molecule has 0 amide bonds. The molecular weight excluding hydrogens is 220 g/mol. The minimum atomic E-state index is 0.582. The summed E-state index contributed by atoms with van der Waals surface area (Å²) in [7, 11) is 0. The van der Waals surface area contributed by atoms with Crippen LogP contribution in [0.1, 0.15) is 43.7 Å². The van der Waals surface area contributed by atoms with Crippen LogP contribution in [-0.4, -0.2) is 18.6 Å². The van der Waals surface area contributed by atoms with Crippen LogP contribution in [-0.2, 0) is 6.54 Å². The molecule has 1 heterocycles. The van der Waals surface area contributed by atoms with Crippen molar-refractivity contribution in [2.75, 3.05) is 11.4 Å². The Bertz CT molecular complexity index is 421. The van der Waals surface area contributed by atoms with Gasteiger partial charge in [0, 0.05) is 30.9 Å². The van der Waals surface area contributed by atoms with Gasteiger partial charge in [0.2, 0.25) is 0 Å². The van der Waals surface area contributed by atoms with Crippen LogP contribution in [0.2, 0.25) is 0 Å². The molecule has 1 fully saturated rings. The summed E-state index contributed by atoms with van der Waals surface area (Å²) in [6.45, 7) is 6.66. The van der Waals surface area contributed by atoms with E-state index in [9.17, 15) is 0 Å². The zero-order valence-electron chi connectivity index (χ0n) is 11.6. The third kappa shape index (κ3) is 2.26. The highest BCUT2D eigenvalue weighted by atomic mass is 15.2. The third-order valence-corrected chi connectivity index (χ3v) is 4.42. The van der Waals surface area contributed by atoms with Crippen molar-refractivity contribution >= 4 is 5.69 Å². The molecule has 0 radical (unpaired) electrons. The fourth-order valence-electron chi connectivity index (χ4n) is 3.44. The molecular formula is C16H24N2. The molecule has 3 rings (SSSR count). The molecule has 0 saturated heterocycles. The quantitative estimate of drug-likeness (QED) is 0.816. The maximum Gasteiger partial charge on any atom is 0.0415 e. The summed E-state index contributed by atoms with van der Waals surface area (Å²) in [5, 5.41) is 3.64. The molecule has 2 aliphatic rings. The second-order valence-electron chi connectivity index (χ2n) is 6.00. The summed E-state index contributed by atoms with van der Waals surface area (Å²) < 4.78 is 0. The van der Waals surface area contributed by atoms with Crippen LogP contribution in [0.25, 0.3) is 0 Å². The number of anilines is 1. The Balaban J connectivity index is 1.96. The highest BCUT2D eigenvalue weighted by molar-refractivity contribution is 5.56. The lowest BCUT2D eigenvalue weighted by atomic mass is 10.1. The Kier molecular flexibility index (Phi) is 3.29. The number of nitrogens with zero attached hydrogens (tertiary/aromatic N) is 1. The van der Waals surface area contributed by atoms with Crippen LogP contribution in [0.15, 0.2) is 18.2 Å². The van der Waals surface area contributed by atoms with E-state index in [1.807, 2.05) is 0 Å². The van der Waals surface area contributed by atoms with E-state index in [0.717, 1.165) is 19.1 Å². The fourth-order valence-corrected chi connectivity index (χ4v) is 3.44. The number of hydrogen-bond donors (Lipinski definition) is 1. The Hall–Kier alpha value is -1.02. The second-order valence-corrected chi connectivity index (χ2v) is 6.00. The number of fused-ring (bicyclic) bond motifs is 1. The minimum Gasteiger partial charge on any atom is -0.367 e. The monoisotopic (exact) mass is 244 g/mol. The zero-order valence-corrected chi connectivity index (χ0v) is 11.6. The van der Waals surface area contributed by atoms with Crippen molar-refractivity contribution in [2.24, 2.45) is 0 Å². The van der Waals surface area contributed by atoms with E-state index in [-0.39, 0.29) is 0 Å². The summed E-state index contributed by atoms with van der Waals surface area (Å²) >= 11 is 0. The first-order chi connectivity index (χ1) is 8.74. The van der Waals surface area contributed by atoms with Gasteiger partial charge in [-0.1, -0.05) is 30.5 Å². The van der Waals surface area contributed by atoms with Crippen molar-refractivity contribution in [3.63, 3.8) is 0 Å². The van der Waals surface area contributed by atoms with Crippen molar-refractivity contribution < 1.29 is 0 Å². The first kappa shape index (κ1) is 12.0. The van der Waals surface area contributed by atoms with Crippen LogP contribution in [0.4, 0.5) is 5.69 Å². The average Bonchev–Trinajstić information content (AvgIpc) is 2.83. The second kappa shape index (κ2) is 4.93. The molecule has 98 valence electrons. The summed E-state index contributed by atoms with van der Waals surface area (Å²) in [6.07, 6.45) is 5.56. The van der Waals surface area contributed by atoms with Gasteiger partial charge in [0.05, 0.1) is 0 Å². The van der Waals surface area contributed by atoms with Crippen LogP contribution in [0.3, 0.4) is 0 Å². The van der Waals surface area contributed by atoms with Crippen molar-refractivity contribution in [1.29, 1.82) is 0 Å². The summed E-state index contributed by atoms with van der Waals surface area (Å²) in [5.74, 6) is 0. The predicted octanol–water partition coefficient (Wildman–Crippen LogP) is 3.24. The summed E-state index contributed by atoms with van der Waals surface area (Å²) in [4.78, 5) is 2.67. The number of nitrogens with one attached hydrogen (secondary N) is 1. The van der Waals surface area contributed by atoms with Crippen LogP contribution in [0.5, 0.6) is 0 Å². The first-order valence-corrected chi connectivity index (χ1v) is 7.33. The predicted molar refractivity (Wildman–Crippen MR) is 77.1 cm³/mol. The lowest BCUT2D eigenvalue weighted by Crippen LogP contribution is -2.41. The largest absolute Gasteiger partial charge is 0.367 e. The molecule has 0 spiro atoms. The van der Waals surface area contributed by atoms with Gasteiger partial charge in [-0.05, 0) is 38.3 Å². The van der Waals surface area contributed by atoms with E-state index in [1.165, 1.54) is 42.5 Å². The number of hydrogen-bond acceptors (Lipinski definition) is 2. The molecule has 1 atom stereocenters. The van der Waals surface area contributed by atoms with Gasteiger partial charge in [-0.3, -0.25) is 0 Å². The molecule has 1 aliphatic carbocycles. The van der Waals surface area contributed by atoms with Crippen LogP contribution in [0, 0.1) is 6.92 Å². The fraction of sp³-hybridized carbons (Fsp3) is 0.625. The van der Waals surface area contributed by atoms with E-state index in [2.05, 4.69) is 42.3 Å². The molecule has 1 aliphatic heterocycles. The zero-order chi connectivity index (χ0) is 12.5. The van der Waals surface area contributed by atoms with Gasteiger partial charge < -0.3 is 10.2 Å². The Morgan fingerprint density at radius 3 is 2.78 bits per heavy atom. The van der Waals surface area contributed by atoms with Gasteiger partial charge in [0.25, 0.3) is 0 Å². The van der Waals surface area contributed by atoms with E-state index < -0.39 is 0 Å². The Labute approximate surface area is 110 Å². The van der Waals surface area contributed by atoms with E-state index in [0.29, 0.717) is 6.04 Å². The van der Waals surface area contributed by atoms with Gasteiger partial charge in [-0.2, -0.15) is 0 Å². The van der Waals surface area contributed by atoms with Gasteiger partial charge in [-0.25, -0.2) is 0 Å². The van der Waals surface area contributed by atoms with E-state index in [4.69, 9.17) is 0 Å². The highest BCUT2D eigenvalue weighted by Gasteiger charge is 2.27. The lowest BCUT2D eigenvalue weighted by molar-refractivity contribution is 0.518. The van der Waals surface area contributed by atoms with Gasteiger partial charge in [0.1, 0.15) is 0 Å². The smallest absolute Gasteiger partial charge is 0.0415 e. The van der Waals surface area contributed by atoms with E-state index >= 15 is 0 Å². The molecule has 18 heavy (non-hydrogen) atoms. The lowest BCUT2D eigenvalue weighted by Gasteiger charge is -2.32. The molecule has 1 saturated carbocycles. The van der Waals surface area contributed by atoms with Crippen LogP contribution >= 0.6 is 0 Å². The number of rotatable bonds is 1. The molecule has 0 aromatic heterocycles. The number of benzene rings is 1.